The van der Waals surface area contributed by atoms with Crippen LogP contribution < -0.4 is 0 Å². The molecule has 3 rings (SSSR count). The molecule has 0 radical (unpaired) electrons. The van der Waals surface area contributed by atoms with Crippen LogP contribution in [-0.2, 0) is 6.54 Å². The number of carbonyl (C=O) groups is 1. The van der Waals surface area contributed by atoms with Crippen molar-refractivity contribution in [2.45, 2.75) is 13.5 Å². The van der Waals surface area contributed by atoms with E-state index in [1.54, 1.807) is 11.8 Å². The molecule has 0 atom stereocenters. The molecule has 1 aliphatic heterocycles. The van der Waals surface area contributed by atoms with Crippen molar-refractivity contribution < 1.29 is 4.79 Å². The Morgan fingerprint density at radius 2 is 2.10 bits per heavy atom. The number of hydrogen-bond donors (Lipinski definition) is 2. The molecule has 0 bridgehead atoms. The number of amides is 1. The first-order valence-electron chi connectivity index (χ1n) is 6.71. The van der Waals surface area contributed by atoms with Gasteiger partial charge in [-0.3, -0.25) is 19.9 Å². The summed E-state index contributed by atoms with van der Waals surface area (Å²) in [6, 6.07) is 0. The zero-order valence-corrected chi connectivity index (χ0v) is 12.4. The molecular formula is C12H16ClN7O. The lowest BCUT2D eigenvalue weighted by molar-refractivity contribution is 0.0620. The molecule has 0 unspecified atom stereocenters. The van der Waals surface area contributed by atoms with Crippen molar-refractivity contribution in [3.05, 3.63) is 28.6 Å². The van der Waals surface area contributed by atoms with Gasteiger partial charge in [0.05, 0.1) is 17.3 Å². The first kappa shape index (κ1) is 14.0. The lowest BCUT2D eigenvalue weighted by Gasteiger charge is -2.33. The summed E-state index contributed by atoms with van der Waals surface area (Å²) in [6.07, 6.45) is 1.50. The normalized spacial score (nSPS) is 16.4. The third-order valence-electron chi connectivity index (χ3n) is 3.57. The molecule has 3 heterocycles. The van der Waals surface area contributed by atoms with E-state index < -0.39 is 0 Å². The summed E-state index contributed by atoms with van der Waals surface area (Å²) < 4.78 is 0. The molecule has 9 heteroatoms. The van der Waals surface area contributed by atoms with Crippen molar-refractivity contribution in [2.75, 3.05) is 26.2 Å². The van der Waals surface area contributed by atoms with Gasteiger partial charge >= 0.3 is 0 Å². The number of aromatic nitrogens is 5. The molecule has 1 amide bonds. The van der Waals surface area contributed by atoms with E-state index in [1.807, 2.05) is 0 Å². The second-order valence-electron chi connectivity index (χ2n) is 5.01. The van der Waals surface area contributed by atoms with E-state index in [-0.39, 0.29) is 5.91 Å². The number of nitrogens with one attached hydrogen (secondary N) is 2. The van der Waals surface area contributed by atoms with E-state index in [0.717, 1.165) is 18.9 Å². The van der Waals surface area contributed by atoms with Crippen molar-refractivity contribution in [2.24, 2.45) is 0 Å². The average Bonchev–Trinajstić information content (AvgIpc) is 3.11. The summed E-state index contributed by atoms with van der Waals surface area (Å²) in [7, 11) is 0. The fourth-order valence-corrected chi connectivity index (χ4v) is 2.50. The Balaban J connectivity index is 1.58. The molecule has 0 aromatic carbocycles. The quantitative estimate of drug-likeness (QED) is 0.858. The van der Waals surface area contributed by atoms with Crippen molar-refractivity contribution in [3.8, 4) is 0 Å². The van der Waals surface area contributed by atoms with Crippen molar-refractivity contribution >= 4 is 17.5 Å². The number of H-pyrrole nitrogens is 2. The van der Waals surface area contributed by atoms with Gasteiger partial charge in [-0.1, -0.05) is 11.6 Å². The standard InChI is InChI=1S/C12H16ClN7O/c1-8-10(13)11(18-16-8)12(21)20-4-2-19(3-5-20)6-9-14-7-15-17-9/h7H,2-6H2,1H3,(H,16,18)(H,14,15,17). The predicted molar refractivity (Wildman–Crippen MR) is 75.9 cm³/mol. The second kappa shape index (κ2) is 5.82. The fourth-order valence-electron chi connectivity index (χ4n) is 2.33. The molecule has 0 aliphatic carbocycles. The Kier molecular flexibility index (Phi) is 3.89. The minimum atomic E-state index is -0.122. The summed E-state index contributed by atoms with van der Waals surface area (Å²) in [5.74, 6) is 0.712. The third kappa shape index (κ3) is 2.91. The van der Waals surface area contributed by atoms with Crippen LogP contribution in [0.3, 0.4) is 0 Å². The predicted octanol–water partition coefficient (Wildman–Crippen LogP) is 0.448. The highest BCUT2D eigenvalue weighted by molar-refractivity contribution is 6.34. The summed E-state index contributed by atoms with van der Waals surface area (Å²) >= 11 is 6.08. The molecule has 1 saturated heterocycles. The van der Waals surface area contributed by atoms with Gasteiger partial charge in [0, 0.05) is 26.2 Å². The minimum Gasteiger partial charge on any atom is -0.335 e. The summed E-state index contributed by atoms with van der Waals surface area (Å²) in [6.45, 7) is 5.37. The summed E-state index contributed by atoms with van der Waals surface area (Å²) in [4.78, 5) is 20.5. The van der Waals surface area contributed by atoms with Gasteiger partial charge < -0.3 is 4.90 Å². The topological polar surface area (TPSA) is 93.8 Å². The highest BCUT2D eigenvalue weighted by Gasteiger charge is 2.26. The van der Waals surface area contributed by atoms with Crippen LogP contribution in [0.4, 0.5) is 0 Å². The molecule has 8 nitrogen and oxygen atoms in total. The maximum absolute atomic E-state index is 12.4. The molecule has 21 heavy (non-hydrogen) atoms. The number of aromatic amines is 2. The van der Waals surface area contributed by atoms with Gasteiger partial charge in [0.1, 0.15) is 12.2 Å². The number of carbonyl (C=O) groups excluding carboxylic acids is 1. The number of nitrogens with zero attached hydrogens (tertiary/aromatic N) is 5. The van der Waals surface area contributed by atoms with Crippen LogP contribution in [0.2, 0.25) is 5.02 Å². The van der Waals surface area contributed by atoms with Crippen LogP contribution in [-0.4, -0.2) is 67.3 Å². The van der Waals surface area contributed by atoms with Gasteiger partial charge in [0.25, 0.3) is 5.91 Å². The minimum absolute atomic E-state index is 0.122. The van der Waals surface area contributed by atoms with E-state index in [9.17, 15) is 4.79 Å². The van der Waals surface area contributed by atoms with Crippen LogP contribution >= 0.6 is 11.6 Å². The molecule has 1 fully saturated rings. The van der Waals surface area contributed by atoms with Gasteiger partial charge in [-0.05, 0) is 6.92 Å². The first-order chi connectivity index (χ1) is 10.1. The molecule has 2 aromatic heterocycles. The average molecular weight is 310 g/mol. The van der Waals surface area contributed by atoms with E-state index >= 15 is 0 Å². The van der Waals surface area contributed by atoms with Gasteiger partial charge in [-0.25, -0.2) is 4.98 Å². The molecule has 0 spiro atoms. The van der Waals surface area contributed by atoms with E-state index in [2.05, 4.69) is 30.3 Å². The van der Waals surface area contributed by atoms with Gasteiger partial charge in [-0.15, -0.1) is 0 Å². The molecular weight excluding hydrogens is 294 g/mol. The van der Waals surface area contributed by atoms with Crippen LogP contribution in [0.25, 0.3) is 0 Å². The summed E-state index contributed by atoms with van der Waals surface area (Å²) in [5.41, 5.74) is 1.02. The Hall–Kier alpha value is -1.93. The number of halogens is 1. The van der Waals surface area contributed by atoms with Gasteiger partial charge in [0.15, 0.2) is 5.69 Å². The Morgan fingerprint density at radius 1 is 1.33 bits per heavy atom. The van der Waals surface area contributed by atoms with Gasteiger partial charge in [-0.2, -0.15) is 10.2 Å². The van der Waals surface area contributed by atoms with Crippen LogP contribution in [0.15, 0.2) is 6.33 Å². The van der Waals surface area contributed by atoms with Gasteiger partial charge in [0.2, 0.25) is 0 Å². The van der Waals surface area contributed by atoms with Crippen LogP contribution in [0, 0.1) is 6.92 Å². The lowest BCUT2D eigenvalue weighted by atomic mass is 10.2. The smallest absolute Gasteiger partial charge is 0.276 e. The number of rotatable bonds is 3. The van der Waals surface area contributed by atoms with Crippen LogP contribution in [0.5, 0.6) is 0 Å². The number of piperazine rings is 1. The fraction of sp³-hybridized carbons (Fsp3) is 0.500. The van der Waals surface area contributed by atoms with E-state index in [4.69, 9.17) is 11.6 Å². The molecule has 0 saturated carbocycles. The van der Waals surface area contributed by atoms with Crippen molar-refractivity contribution in [1.82, 2.24) is 35.2 Å². The second-order valence-corrected chi connectivity index (χ2v) is 5.39. The van der Waals surface area contributed by atoms with E-state index in [0.29, 0.717) is 36.0 Å². The summed E-state index contributed by atoms with van der Waals surface area (Å²) in [5, 5.41) is 13.8. The third-order valence-corrected chi connectivity index (χ3v) is 4.04. The molecule has 2 aromatic rings. The largest absolute Gasteiger partial charge is 0.335 e. The highest BCUT2D eigenvalue weighted by atomic mass is 35.5. The van der Waals surface area contributed by atoms with Crippen molar-refractivity contribution in [1.29, 1.82) is 0 Å². The Morgan fingerprint density at radius 3 is 2.67 bits per heavy atom. The van der Waals surface area contributed by atoms with Crippen LogP contribution in [0.1, 0.15) is 22.0 Å². The molecule has 112 valence electrons. The Bertz CT molecular complexity index is 616. The lowest BCUT2D eigenvalue weighted by Crippen LogP contribution is -2.48. The zero-order valence-electron chi connectivity index (χ0n) is 11.6. The van der Waals surface area contributed by atoms with E-state index in [1.165, 1.54) is 6.33 Å². The first-order valence-corrected chi connectivity index (χ1v) is 7.09. The Labute approximate surface area is 126 Å². The molecule has 1 aliphatic rings. The highest BCUT2D eigenvalue weighted by Crippen LogP contribution is 2.19. The SMILES string of the molecule is Cc1[nH]nc(C(=O)N2CCN(Cc3ncn[nH]3)CC2)c1Cl. The zero-order chi connectivity index (χ0) is 14.8. The monoisotopic (exact) mass is 309 g/mol. The number of aryl methyl sites for hydroxylation is 1. The number of hydrogen-bond acceptors (Lipinski definition) is 5. The van der Waals surface area contributed by atoms with Crippen molar-refractivity contribution in [3.63, 3.8) is 0 Å². The maximum Gasteiger partial charge on any atom is 0.276 e. The molecule has 2 N–H and O–H groups in total. The maximum atomic E-state index is 12.4.